The van der Waals surface area contributed by atoms with Gasteiger partial charge in [0.25, 0.3) is 5.41 Å². The summed E-state index contributed by atoms with van der Waals surface area (Å²) in [7, 11) is 0. The summed E-state index contributed by atoms with van der Waals surface area (Å²) in [6.45, 7) is 1.76. The molecule has 0 radical (unpaired) electrons. The summed E-state index contributed by atoms with van der Waals surface area (Å²) in [5.74, 6) is -4.47. The minimum atomic E-state index is -5.09. The Hall–Kier alpha value is -2.42. The molecule has 1 aliphatic heterocycles. The van der Waals surface area contributed by atoms with E-state index in [1.165, 1.54) is 38.1 Å². The molecule has 0 aromatic heterocycles. The molecule has 0 fully saturated rings. The molecule has 26 heavy (non-hydrogen) atoms. The molecular weight excluding hydrogens is 355 g/mol. The van der Waals surface area contributed by atoms with Gasteiger partial charge in [0, 0.05) is 12.1 Å². The molecule has 142 valence electrons. The molecule has 1 unspecified atom stereocenters. The number of nitrogens with one attached hydrogen (secondary N) is 1. The van der Waals surface area contributed by atoms with Crippen LogP contribution >= 0.6 is 0 Å². The summed E-state index contributed by atoms with van der Waals surface area (Å²) in [5, 5.41) is 2.13. The van der Waals surface area contributed by atoms with Gasteiger partial charge in [0.15, 0.2) is 5.78 Å². The lowest BCUT2D eigenvalue weighted by molar-refractivity contribution is -0.202. The van der Waals surface area contributed by atoms with Crippen molar-refractivity contribution in [1.29, 1.82) is 0 Å². The highest BCUT2D eigenvalue weighted by Crippen LogP contribution is 2.41. The van der Waals surface area contributed by atoms with E-state index in [0.29, 0.717) is 0 Å². The molecule has 1 atom stereocenters. The Morgan fingerprint density at radius 2 is 1.69 bits per heavy atom. The van der Waals surface area contributed by atoms with Gasteiger partial charge in [-0.25, -0.2) is 0 Å². The number of fused-ring (bicyclic) bond motifs is 1. The average Bonchev–Trinajstić information content (AvgIpc) is 2.70. The van der Waals surface area contributed by atoms with Crippen LogP contribution in [0, 0.1) is 5.41 Å². The second-order valence-electron chi connectivity index (χ2n) is 5.59. The molecule has 0 saturated heterocycles. The Morgan fingerprint density at radius 3 is 2.19 bits per heavy atom. The van der Waals surface area contributed by atoms with Gasteiger partial charge in [-0.3, -0.25) is 14.4 Å². The Labute approximate surface area is 147 Å². The minimum absolute atomic E-state index is 0.159. The number of rotatable bonds is 4. The number of alkyl halides is 3. The van der Waals surface area contributed by atoms with E-state index in [0.717, 1.165) is 0 Å². The van der Waals surface area contributed by atoms with Crippen molar-refractivity contribution >= 4 is 17.7 Å². The van der Waals surface area contributed by atoms with E-state index < -0.39 is 35.4 Å². The fraction of sp³-hybridized carbons (Fsp3) is 0.471. The van der Waals surface area contributed by atoms with E-state index >= 15 is 0 Å². The zero-order valence-corrected chi connectivity index (χ0v) is 14.2. The van der Waals surface area contributed by atoms with Gasteiger partial charge in [-0.1, -0.05) is 24.3 Å². The molecule has 0 spiro atoms. The number of halogens is 3. The third-order valence-electron chi connectivity index (χ3n) is 4.07. The molecule has 1 aromatic rings. The number of Topliss-reactive ketones (excluding diaryl/α,β-unsaturated/α-hetero) is 1. The minimum Gasteiger partial charge on any atom is -0.465 e. The van der Waals surface area contributed by atoms with Gasteiger partial charge in [-0.2, -0.15) is 13.2 Å². The van der Waals surface area contributed by atoms with Crippen molar-refractivity contribution in [2.24, 2.45) is 5.41 Å². The summed E-state index contributed by atoms with van der Waals surface area (Å²) >= 11 is 0. The number of carbonyl (C=O) groups is 3. The van der Waals surface area contributed by atoms with Crippen LogP contribution in [0.4, 0.5) is 13.2 Å². The zero-order valence-electron chi connectivity index (χ0n) is 14.2. The second kappa shape index (κ2) is 7.45. The number of ether oxygens (including phenoxy) is 2. The lowest BCUT2D eigenvalue weighted by atomic mass is 9.73. The number of hydrogen-bond donors (Lipinski definition) is 1. The third-order valence-corrected chi connectivity index (χ3v) is 4.07. The van der Waals surface area contributed by atoms with Crippen molar-refractivity contribution in [2.45, 2.75) is 32.6 Å². The molecule has 1 aromatic carbocycles. The Balaban J connectivity index is 2.79. The molecule has 9 heteroatoms. The highest BCUT2D eigenvalue weighted by molar-refractivity contribution is 6.27. The van der Waals surface area contributed by atoms with Crippen LogP contribution in [0.15, 0.2) is 24.3 Å². The molecule has 1 N–H and O–H groups in total. The van der Waals surface area contributed by atoms with Crippen LogP contribution in [0.2, 0.25) is 0 Å². The first-order chi connectivity index (χ1) is 12.2. The van der Waals surface area contributed by atoms with Gasteiger partial charge in [-0.15, -0.1) is 0 Å². The van der Waals surface area contributed by atoms with Crippen LogP contribution in [-0.4, -0.2) is 43.2 Å². The number of esters is 2. The smallest absolute Gasteiger partial charge is 0.406 e. The van der Waals surface area contributed by atoms with Gasteiger partial charge >= 0.3 is 18.1 Å². The predicted octanol–water partition coefficient (Wildman–Crippen LogP) is 2.02. The van der Waals surface area contributed by atoms with Crippen molar-refractivity contribution in [2.75, 3.05) is 13.2 Å². The highest BCUT2D eigenvalue weighted by atomic mass is 19.4. The monoisotopic (exact) mass is 373 g/mol. The summed E-state index contributed by atoms with van der Waals surface area (Å²) in [5.41, 5.74) is -3.13. The first-order valence-corrected chi connectivity index (χ1v) is 7.98. The summed E-state index contributed by atoms with van der Waals surface area (Å²) in [4.78, 5) is 38.3. The van der Waals surface area contributed by atoms with Crippen LogP contribution < -0.4 is 5.32 Å². The molecule has 0 amide bonds. The summed E-state index contributed by atoms with van der Waals surface area (Å²) in [6, 6.07) is 2.91. The first-order valence-electron chi connectivity index (χ1n) is 7.98. The van der Waals surface area contributed by atoms with Crippen molar-refractivity contribution in [3.05, 3.63) is 35.4 Å². The van der Waals surface area contributed by atoms with Crippen LogP contribution in [0.25, 0.3) is 0 Å². The average molecular weight is 373 g/mol. The lowest BCUT2D eigenvalue weighted by Crippen LogP contribution is -2.64. The Morgan fingerprint density at radius 1 is 1.15 bits per heavy atom. The van der Waals surface area contributed by atoms with Crippen molar-refractivity contribution < 1.29 is 37.0 Å². The number of benzene rings is 1. The van der Waals surface area contributed by atoms with E-state index in [1.807, 2.05) is 0 Å². The van der Waals surface area contributed by atoms with Crippen molar-refractivity contribution in [3.8, 4) is 0 Å². The molecule has 1 heterocycles. The number of hydrogen-bond acceptors (Lipinski definition) is 6. The topological polar surface area (TPSA) is 81.7 Å². The van der Waals surface area contributed by atoms with Gasteiger partial charge < -0.3 is 14.8 Å². The van der Waals surface area contributed by atoms with Crippen LogP contribution in [0.5, 0.6) is 0 Å². The maximum Gasteiger partial charge on any atom is 0.406 e. The maximum absolute atomic E-state index is 13.8. The fourth-order valence-electron chi connectivity index (χ4n) is 2.96. The molecular formula is C17H18F3NO5. The zero-order chi connectivity index (χ0) is 19.5. The fourth-order valence-corrected chi connectivity index (χ4v) is 2.96. The van der Waals surface area contributed by atoms with E-state index in [4.69, 9.17) is 9.47 Å². The Kier molecular flexibility index (Phi) is 5.70. The molecule has 0 bridgehead atoms. The van der Waals surface area contributed by atoms with Crippen molar-refractivity contribution in [1.82, 2.24) is 5.32 Å². The number of ketones is 1. The normalized spacial score (nSPS) is 19.3. The molecule has 1 aliphatic rings. The van der Waals surface area contributed by atoms with Gasteiger partial charge in [0.1, 0.15) is 6.04 Å². The van der Waals surface area contributed by atoms with Crippen molar-refractivity contribution in [3.63, 3.8) is 0 Å². The molecule has 6 nitrogen and oxygen atoms in total. The third kappa shape index (κ3) is 3.18. The molecule has 2 rings (SSSR count). The highest BCUT2D eigenvalue weighted by Gasteiger charge is 2.69. The van der Waals surface area contributed by atoms with E-state index in [9.17, 15) is 27.6 Å². The Bertz CT molecular complexity index is 699. The maximum atomic E-state index is 13.8. The molecule has 0 saturated carbocycles. The first kappa shape index (κ1) is 19.9. The van der Waals surface area contributed by atoms with Crippen LogP contribution in [-0.2, 0) is 25.6 Å². The molecule has 0 aliphatic carbocycles. The van der Waals surface area contributed by atoms with E-state index in [-0.39, 0.29) is 30.9 Å². The van der Waals surface area contributed by atoms with E-state index in [2.05, 4.69) is 5.32 Å². The summed E-state index contributed by atoms with van der Waals surface area (Å²) < 4.78 is 50.8. The quantitative estimate of drug-likeness (QED) is 0.642. The largest absolute Gasteiger partial charge is 0.465 e. The van der Waals surface area contributed by atoms with Crippen LogP contribution in [0.1, 0.15) is 29.8 Å². The van der Waals surface area contributed by atoms with Gasteiger partial charge in [-0.05, 0) is 19.4 Å². The number of carbonyl (C=O) groups excluding carboxylic acids is 3. The van der Waals surface area contributed by atoms with E-state index in [1.54, 1.807) is 0 Å². The summed E-state index contributed by atoms with van der Waals surface area (Å²) in [6.07, 6.45) is -5.09. The van der Waals surface area contributed by atoms with Crippen LogP contribution in [0.3, 0.4) is 0 Å². The SMILES string of the molecule is CCOC(=O)C1(C(=O)OCC)C(=O)c2ccccc2CNC1C(F)(F)F. The second-order valence-corrected chi connectivity index (χ2v) is 5.59. The van der Waals surface area contributed by atoms with Gasteiger partial charge in [0.05, 0.1) is 13.2 Å². The lowest BCUT2D eigenvalue weighted by Gasteiger charge is -2.34. The van der Waals surface area contributed by atoms with Gasteiger partial charge in [0.2, 0.25) is 0 Å². The standard InChI is InChI=1S/C17H18F3NO5/c1-3-25-14(23)16(15(24)26-4-2)12(22)11-8-6-5-7-10(11)9-21-13(16)17(18,19)20/h5-8,13,21H,3-4,9H2,1-2H3. The predicted molar refractivity (Wildman–Crippen MR) is 83.2 cm³/mol.